The molecule has 1 aromatic rings. The molecule has 0 saturated carbocycles. The zero-order valence-corrected chi connectivity index (χ0v) is 12.3. The van der Waals surface area contributed by atoms with E-state index in [2.05, 4.69) is 44.7 Å². The minimum Gasteiger partial charge on any atom is -0.496 e. The topological polar surface area (TPSA) is 38.5 Å². The Labute approximate surface area is 111 Å². The van der Waals surface area contributed by atoms with Crippen molar-refractivity contribution in [2.24, 2.45) is 5.73 Å². The molecule has 0 amide bonds. The Morgan fingerprint density at radius 3 is 2.50 bits per heavy atom. The van der Waals surface area contributed by atoms with Gasteiger partial charge in [-0.2, -0.15) is 0 Å². The van der Waals surface area contributed by atoms with Gasteiger partial charge in [-0.1, -0.05) is 24.6 Å². The van der Waals surface area contributed by atoms with Crippen molar-refractivity contribution in [2.75, 3.05) is 20.2 Å². The molecular formula is C15H26N2O. The fraction of sp³-hybridized carbons (Fsp3) is 0.600. The first kappa shape index (κ1) is 15.0. The number of methoxy groups -OCH3 is 1. The van der Waals surface area contributed by atoms with Crippen LogP contribution in [-0.2, 0) is 6.54 Å². The second-order valence-corrected chi connectivity index (χ2v) is 5.35. The van der Waals surface area contributed by atoms with Gasteiger partial charge >= 0.3 is 0 Å². The Hall–Kier alpha value is -1.06. The van der Waals surface area contributed by atoms with Crippen LogP contribution in [-0.4, -0.2) is 30.6 Å². The maximum atomic E-state index is 5.86. The summed E-state index contributed by atoms with van der Waals surface area (Å²) in [4.78, 5) is 2.38. The summed E-state index contributed by atoms with van der Waals surface area (Å²) in [6, 6.07) is 6.30. The largest absolute Gasteiger partial charge is 0.496 e. The van der Waals surface area contributed by atoms with Gasteiger partial charge in [0, 0.05) is 24.2 Å². The molecule has 0 heterocycles. The van der Waals surface area contributed by atoms with Gasteiger partial charge in [0.2, 0.25) is 0 Å². The number of benzene rings is 1. The van der Waals surface area contributed by atoms with Crippen molar-refractivity contribution in [1.82, 2.24) is 4.90 Å². The lowest BCUT2D eigenvalue weighted by Gasteiger charge is -2.37. The highest BCUT2D eigenvalue weighted by atomic mass is 16.5. The summed E-state index contributed by atoms with van der Waals surface area (Å²) in [6.45, 7) is 11.1. The summed E-state index contributed by atoms with van der Waals surface area (Å²) in [5, 5.41) is 0. The third kappa shape index (κ3) is 3.47. The van der Waals surface area contributed by atoms with Crippen LogP contribution >= 0.6 is 0 Å². The second kappa shape index (κ2) is 6.21. The number of aryl methyl sites for hydroxylation is 1. The van der Waals surface area contributed by atoms with Crippen LogP contribution in [0.2, 0.25) is 0 Å². The van der Waals surface area contributed by atoms with E-state index in [1.165, 1.54) is 11.1 Å². The van der Waals surface area contributed by atoms with Gasteiger partial charge in [0.1, 0.15) is 5.75 Å². The van der Waals surface area contributed by atoms with Crippen LogP contribution in [0.25, 0.3) is 0 Å². The van der Waals surface area contributed by atoms with E-state index in [0.29, 0.717) is 6.54 Å². The van der Waals surface area contributed by atoms with Crippen LogP contribution in [0, 0.1) is 6.92 Å². The molecule has 0 saturated heterocycles. The molecule has 3 heteroatoms. The van der Waals surface area contributed by atoms with Gasteiger partial charge in [-0.3, -0.25) is 4.90 Å². The normalized spacial score (nSPS) is 11.9. The van der Waals surface area contributed by atoms with E-state index in [1.807, 2.05) is 6.07 Å². The first-order valence-electron chi connectivity index (χ1n) is 6.53. The molecule has 0 fully saturated rings. The van der Waals surface area contributed by atoms with E-state index in [1.54, 1.807) is 7.11 Å². The van der Waals surface area contributed by atoms with Crippen LogP contribution in [0.15, 0.2) is 18.2 Å². The number of ether oxygens (including phenoxy) is 1. The molecule has 0 spiro atoms. The summed E-state index contributed by atoms with van der Waals surface area (Å²) in [6.07, 6.45) is 0. The molecule has 0 aromatic heterocycles. The molecule has 0 unspecified atom stereocenters. The summed E-state index contributed by atoms with van der Waals surface area (Å²) >= 11 is 0. The zero-order valence-electron chi connectivity index (χ0n) is 12.3. The first-order chi connectivity index (χ1) is 8.44. The monoisotopic (exact) mass is 250 g/mol. The van der Waals surface area contributed by atoms with Gasteiger partial charge in [-0.05, 0) is 33.4 Å². The van der Waals surface area contributed by atoms with Gasteiger partial charge in [-0.15, -0.1) is 0 Å². The second-order valence-electron chi connectivity index (χ2n) is 5.35. The van der Waals surface area contributed by atoms with Gasteiger partial charge in [-0.25, -0.2) is 0 Å². The molecule has 102 valence electrons. The molecule has 0 radical (unpaired) electrons. The predicted octanol–water partition coefficient (Wildman–Crippen LogP) is 2.56. The molecule has 18 heavy (non-hydrogen) atoms. The lowest BCUT2D eigenvalue weighted by Crippen LogP contribution is -2.48. The Kier molecular flexibility index (Phi) is 5.17. The number of hydrogen-bond donors (Lipinski definition) is 1. The fourth-order valence-electron chi connectivity index (χ4n) is 2.12. The first-order valence-corrected chi connectivity index (χ1v) is 6.53. The van der Waals surface area contributed by atoms with Crippen molar-refractivity contribution >= 4 is 0 Å². The smallest absolute Gasteiger partial charge is 0.123 e. The minimum atomic E-state index is 0.00348. The average Bonchev–Trinajstić information content (AvgIpc) is 2.35. The molecule has 3 nitrogen and oxygen atoms in total. The van der Waals surface area contributed by atoms with Crippen LogP contribution in [0.4, 0.5) is 0 Å². The Bertz CT molecular complexity index is 388. The molecule has 2 N–H and O–H groups in total. The van der Waals surface area contributed by atoms with Gasteiger partial charge in [0.05, 0.1) is 7.11 Å². The Balaban J connectivity index is 2.97. The van der Waals surface area contributed by atoms with Crippen LogP contribution < -0.4 is 10.5 Å². The van der Waals surface area contributed by atoms with Crippen molar-refractivity contribution < 1.29 is 4.74 Å². The quantitative estimate of drug-likeness (QED) is 0.843. The SMILES string of the molecule is CCN(Cc1cc(C)ccc1OC)C(C)(C)CN. The maximum absolute atomic E-state index is 5.86. The molecule has 0 atom stereocenters. The highest BCUT2D eigenvalue weighted by Gasteiger charge is 2.24. The molecule has 1 aromatic carbocycles. The third-order valence-corrected chi connectivity index (χ3v) is 3.53. The number of nitrogens with two attached hydrogens (primary N) is 1. The molecule has 0 bridgehead atoms. The zero-order chi connectivity index (χ0) is 13.8. The molecular weight excluding hydrogens is 224 g/mol. The van der Waals surface area contributed by atoms with E-state index >= 15 is 0 Å². The predicted molar refractivity (Wildman–Crippen MR) is 76.9 cm³/mol. The summed E-state index contributed by atoms with van der Waals surface area (Å²) in [5.74, 6) is 0.951. The average molecular weight is 250 g/mol. The number of rotatable bonds is 6. The highest BCUT2D eigenvalue weighted by Crippen LogP contribution is 2.24. The van der Waals surface area contributed by atoms with Crippen LogP contribution in [0.5, 0.6) is 5.75 Å². The van der Waals surface area contributed by atoms with Gasteiger partial charge in [0.25, 0.3) is 0 Å². The van der Waals surface area contributed by atoms with Crippen molar-refractivity contribution in [3.63, 3.8) is 0 Å². The van der Waals surface area contributed by atoms with E-state index in [9.17, 15) is 0 Å². The van der Waals surface area contributed by atoms with Gasteiger partial charge in [0.15, 0.2) is 0 Å². The minimum absolute atomic E-state index is 0.00348. The summed E-state index contributed by atoms with van der Waals surface area (Å²) in [5.41, 5.74) is 8.35. The van der Waals surface area contributed by atoms with E-state index in [4.69, 9.17) is 10.5 Å². The summed E-state index contributed by atoms with van der Waals surface area (Å²) in [7, 11) is 1.72. The lowest BCUT2D eigenvalue weighted by atomic mass is 10.0. The van der Waals surface area contributed by atoms with Gasteiger partial charge < -0.3 is 10.5 Å². The Morgan fingerprint density at radius 2 is 2.00 bits per heavy atom. The fourth-order valence-corrected chi connectivity index (χ4v) is 2.12. The maximum Gasteiger partial charge on any atom is 0.123 e. The molecule has 0 aliphatic heterocycles. The van der Waals surface area contributed by atoms with E-state index in [-0.39, 0.29) is 5.54 Å². The molecule has 1 rings (SSSR count). The van der Waals surface area contributed by atoms with E-state index < -0.39 is 0 Å². The standard InChI is InChI=1S/C15H26N2O/c1-6-17(15(3,4)11-16)10-13-9-12(2)7-8-14(13)18-5/h7-9H,6,10-11,16H2,1-5H3. The van der Waals surface area contributed by atoms with Crippen molar-refractivity contribution in [2.45, 2.75) is 39.8 Å². The number of likely N-dealkylation sites (N-methyl/N-ethyl adjacent to an activating group) is 1. The molecule has 0 aliphatic rings. The Morgan fingerprint density at radius 1 is 1.33 bits per heavy atom. The third-order valence-electron chi connectivity index (χ3n) is 3.53. The number of nitrogens with zero attached hydrogens (tertiary/aromatic N) is 1. The van der Waals surface area contributed by atoms with Crippen molar-refractivity contribution in [3.05, 3.63) is 29.3 Å². The van der Waals surface area contributed by atoms with E-state index in [0.717, 1.165) is 18.8 Å². The number of hydrogen-bond acceptors (Lipinski definition) is 3. The molecule has 0 aliphatic carbocycles. The van der Waals surface area contributed by atoms with Crippen molar-refractivity contribution in [3.8, 4) is 5.75 Å². The van der Waals surface area contributed by atoms with Crippen molar-refractivity contribution in [1.29, 1.82) is 0 Å². The lowest BCUT2D eigenvalue weighted by molar-refractivity contribution is 0.124. The summed E-state index contributed by atoms with van der Waals surface area (Å²) < 4.78 is 5.43. The van der Waals surface area contributed by atoms with Crippen LogP contribution in [0.1, 0.15) is 31.9 Å². The highest BCUT2D eigenvalue weighted by molar-refractivity contribution is 5.36. The van der Waals surface area contributed by atoms with Crippen LogP contribution in [0.3, 0.4) is 0 Å².